The van der Waals surface area contributed by atoms with Gasteiger partial charge in [-0.3, -0.25) is 4.90 Å². The number of nitriles is 1. The summed E-state index contributed by atoms with van der Waals surface area (Å²) >= 11 is 0. The summed E-state index contributed by atoms with van der Waals surface area (Å²) in [4.78, 5) is 1.10. The number of nitrogens with zero attached hydrogens (tertiary/aromatic N) is 2. The van der Waals surface area contributed by atoms with E-state index in [1.54, 1.807) is 6.07 Å². The molecule has 0 bridgehead atoms. The molecule has 0 saturated carbocycles. The largest absolute Gasteiger partial charge is 0.401 e. The number of halogens is 4. The first-order valence-corrected chi connectivity index (χ1v) is 5.94. The Morgan fingerprint density at radius 3 is 2.55 bits per heavy atom. The maximum absolute atomic E-state index is 13.1. The molecule has 110 valence electrons. The second-order valence-electron chi connectivity index (χ2n) is 4.33. The van der Waals surface area contributed by atoms with Crippen molar-refractivity contribution in [2.24, 2.45) is 0 Å². The normalized spacial score (nSPS) is 11.7. The molecule has 0 aliphatic rings. The second kappa shape index (κ2) is 7.22. The molecule has 0 aliphatic carbocycles. The number of benzene rings is 1. The molecule has 20 heavy (non-hydrogen) atoms. The summed E-state index contributed by atoms with van der Waals surface area (Å²) in [7, 11) is 0. The zero-order valence-corrected chi connectivity index (χ0v) is 10.6. The van der Waals surface area contributed by atoms with Crippen LogP contribution in [0, 0.1) is 17.1 Å². The number of aliphatic hydroxyl groups excluding tert-OH is 1. The van der Waals surface area contributed by atoms with Crippen molar-refractivity contribution in [1.82, 2.24) is 4.90 Å². The molecule has 1 aromatic carbocycles. The molecule has 0 fully saturated rings. The molecule has 0 aromatic heterocycles. The van der Waals surface area contributed by atoms with Crippen LogP contribution in [-0.4, -0.2) is 35.9 Å². The first-order chi connectivity index (χ1) is 9.35. The summed E-state index contributed by atoms with van der Waals surface area (Å²) in [5.74, 6) is -0.700. The van der Waals surface area contributed by atoms with E-state index in [0.29, 0.717) is 5.56 Å². The van der Waals surface area contributed by atoms with Gasteiger partial charge >= 0.3 is 6.18 Å². The third-order valence-electron chi connectivity index (χ3n) is 2.59. The minimum absolute atomic E-state index is 0.0610. The van der Waals surface area contributed by atoms with Gasteiger partial charge in [0.25, 0.3) is 0 Å². The van der Waals surface area contributed by atoms with E-state index < -0.39 is 18.5 Å². The molecule has 0 saturated heterocycles. The summed E-state index contributed by atoms with van der Waals surface area (Å²) < 4.78 is 50.4. The fraction of sp³-hybridized carbons (Fsp3) is 0.462. The van der Waals surface area contributed by atoms with Gasteiger partial charge in [0.15, 0.2) is 0 Å². The lowest BCUT2D eigenvalue weighted by Gasteiger charge is -2.23. The van der Waals surface area contributed by atoms with Crippen molar-refractivity contribution in [3.05, 3.63) is 35.1 Å². The number of hydrogen-bond acceptors (Lipinski definition) is 3. The number of aliphatic hydroxyl groups is 1. The molecular formula is C13H14F4N2O. The van der Waals surface area contributed by atoms with Crippen molar-refractivity contribution in [2.75, 3.05) is 19.7 Å². The molecule has 7 heteroatoms. The Balaban J connectivity index is 2.81. The van der Waals surface area contributed by atoms with Crippen LogP contribution in [0.4, 0.5) is 17.6 Å². The van der Waals surface area contributed by atoms with Crippen molar-refractivity contribution >= 4 is 0 Å². The molecule has 0 heterocycles. The maximum Gasteiger partial charge on any atom is 0.401 e. The summed E-state index contributed by atoms with van der Waals surface area (Å²) in [6.45, 7) is -1.32. The topological polar surface area (TPSA) is 47.3 Å². The van der Waals surface area contributed by atoms with Crippen molar-refractivity contribution in [3.8, 4) is 6.07 Å². The molecule has 1 aromatic rings. The number of rotatable bonds is 6. The molecule has 0 radical (unpaired) electrons. The molecule has 1 N–H and O–H groups in total. The smallest absolute Gasteiger partial charge is 0.396 e. The Morgan fingerprint density at radius 1 is 1.30 bits per heavy atom. The van der Waals surface area contributed by atoms with Crippen molar-refractivity contribution in [2.45, 2.75) is 19.1 Å². The van der Waals surface area contributed by atoms with Crippen LogP contribution in [0.1, 0.15) is 17.5 Å². The highest BCUT2D eigenvalue weighted by atomic mass is 19.4. The number of hydrogen-bond donors (Lipinski definition) is 1. The Kier molecular flexibility index (Phi) is 5.92. The van der Waals surface area contributed by atoms with Crippen LogP contribution in [-0.2, 0) is 6.54 Å². The fourth-order valence-electron chi connectivity index (χ4n) is 1.78. The monoisotopic (exact) mass is 290 g/mol. The van der Waals surface area contributed by atoms with Gasteiger partial charge in [0.2, 0.25) is 0 Å². The number of alkyl halides is 3. The Morgan fingerprint density at radius 2 is 2.00 bits per heavy atom. The van der Waals surface area contributed by atoms with E-state index in [-0.39, 0.29) is 31.7 Å². The lowest BCUT2D eigenvalue weighted by atomic mass is 10.1. The Hall–Kier alpha value is -1.65. The van der Waals surface area contributed by atoms with Gasteiger partial charge in [-0.05, 0) is 24.1 Å². The minimum Gasteiger partial charge on any atom is -0.396 e. The average Bonchev–Trinajstić information content (AvgIpc) is 2.36. The van der Waals surface area contributed by atoms with Gasteiger partial charge < -0.3 is 5.11 Å². The van der Waals surface area contributed by atoms with E-state index in [9.17, 15) is 17.6 Å². The van der Waals surface area contributed by atoms with Crippen LogP contribution in [0.2, 0.25) is 0 Å². The van der Waals surface area contributed by atoms with E-state index in [1.807, 2.05) is 0 Å². The van der Waals surface area contributed by atoms with Gasteiger partial charge in [0.05, 0.1) is 12.1 Å². The Labute approximate surface area is 114 Å². The van der Waals surface area contributed by atoms with Crippen LogP contribution in [0.15, 0.2) is 18.2 Å². The van der Waals surface area contributed by atoms with Crippen LogP contribution in [0.5, 0.6) is 0 Å². The SMILES string of the molecule is N#Cc1cc(CN(CCCO)CC(F)(F)F)ccc1F. The predicted molar refractivity (Wildman–Crippen MR) is 64.1 cm³/mol. The first kappa shape index (κ1) is 16.4. The van der Waals surface area contributed by atoms with E-state index in [0.717, 1.165) is 11.0 Å². The lowest BCUT2D eigenvalue weighted by molar-refractivity contribution is -0.147. The highest BCUT2D eigenvalue weighted by molar-refractivity contribution is 5.34. The molecule has 0 unspecified atom stereocenters. The quantitative estimate of drug-likeness (QED) is 0.819. The van der Waals surface area contributed by atoms with Gasteiger partial charge in [-0.25, -0.2) is 4.39 Å². The summed E-state index contributed by atoms with van der Waals surface area (Å²) in [6, 6.07) is 5.29. The first-order valence-electron chi connectivity index (χ1n) is 5.94. The molecule has 1 rings (SSSR count). The van der Waals surface area contributed by atoms with E-state index >= 15 is 0 Å². The van der Waals surface area contributed by atoms with Crippen molar-refractivity contribution in [3.63, 3.8) is 0 Å². The van der Waals surface area contributed by atoms with Crippen molar-refractivity contribution < 1.29 is 22.7 Å². The lowest BCUT2D eigenvalue weighted by Crippen LogP contribution is -2.34. The van der Waals surface area contributed by atoms with Gasteiger partial charge in [-0.2, -0.15) is 18.4 Å². The summed E-state index contributed by atoms with van der Waals surface area (Å²) in [5.41, 5.74) is 0.224. The van der Waals surface area contributed by atoms with Crippen LogP contribution in [0.25, 0.3) is 0 Å². The summed E-state index contributed by atoms with van der Waals surface area (Å²) in [5, 5.41) is 17.4. The zero-order chi connectivity index (χ0) is 15.2. The predicted octanol–water partition coefficient (Wildman–Crippen LogP) is 2.44. The highest BCUT2D eigenvalue weighted by Gasteiger charge is 2.30. The molecule has 0 amide bonds. The fourth-order valence-corrected chi connectivity index (χ4v) is 1.78. The van der Waals surface area contributed by atoms with Crippen LogP contribution in [0.3, 0.4) is 0 Å². The molecular weight excluding hydrogens is 276 g/mol. The minimum atomic E-state index is -4.35. The van der Waals surface area contributed by atoms with Crippen LogP contribution < -0.4 is 0 Å². The third-order valence-corrected chi connectivity index (χ3v) is 2.59. The van der Waals surface area contributed by atoms with E-state index in [2.05, 4.69) is 0 Å². The van der Waals surface area contributed by atoms with Gasteiger partial charge in [0, 0.05) is 19.7 Å². The Bertz CT molecular complexity index is 482. The summed E-state index contributed by atoms with van der Waals surface area (Å²) in [6.07, 6.45) is -4.14. The molecule has 0 aliphatic heterocycles. The highest BCUT2D eigenvalue weighted by Crippen LogP contribution is 2.19. The standard InChI is InChI=1S/C13H14F4N2O/c14-12-3-2-10(6-11(12)7-18)8-19(4-1-5-20)9-13(15,16)17/h2-3,6,20H,1,4-5,8-9H2. The van der Waals surface area contributed by atoms with E-state index in [4.69, 9.17) is 10.4 Å². The molecule has 0 atom stereocenters. The third kappa shape index (κ3) is 5.55. The zero-order valence-electron chi connectivity index (χ0n) is 10.6. The van der Waals surface area contributed by atoms with E-state index in [1.165, 1.54) is 12.1 Å². The van der Waals surface area contributed by atoms with Crippen molar-refractivity contribution in [1.29, 1.82) is 5.26 Å². The van der Waals surface area contributed by atoms with Gasteiger partial charge in [0.1, 0.15) is 11.9 Å². The maximum atomic E-state index is 13.1. The molecule has 0 spiro atoms. The van der Waals surface area contributed by atoms with Crippen LogP contribution >= 0.6 is 0 Å². The van der Waals surface area contributed by atoms with Gasteiger partial charge in [-0.15, -0.1) is 0 Å². The molecule has 3 nitrogen and oxygen atoms in total. The average molecular weight is 290 g/mol. The van der Waals surface area contributed by atoms with Gasteiger partial charge in [-0.1, -0.05) is 6.07 Å². The second-order valence-corrected chi connectivity index (χ2v) is 4.33.